The van der Waals surface area contributed by atoms with Gasteiger partial charge >= 0.3 is 6.18 Å². The predicted octanol–water partition coefficient (Wildman–Crippen LogP) is 2.88. The largest absolute Gasteiger partial charge is 0.493 e. The molecule has 1 aromatic carbocycles. The van der Waals surface area contributed by atoms with Crippen molar-refractivity contribution in [3.63, 3.8) is 0 Å². The standard InChI is InChI=1S/C16H20F3NO5S/c1-24-13-8-7-10(9-14(13)25-2)26(22,23)20-15(21)11-5-3-4-6-12(11)16(17,18)19/h7-9,11-12H,3-6H2,1-2H3,(H,20,21)/t11-,12-/m0/s1. The zero-order chi connectivity index (χ0) is 19.5. The van der Waals surface area contributed by atoms with Crippen molar-refractivity contribution >= 4 is 15.9 Å². The summed E-state index contributed by atoms with van der Waals surface area (Å²) in [5, 5.41) is 0. The van der Waals surface area contributed by atoms with Gasteiger partial charge in [-0.1, -0.05) is 12.8 Å². The summed E-state index contributed by atoms with van der Waals surface area (Å²) >= 11 is 0. The molecule has 1 aliphatic rings. The van der Waals surface area contributed by atoms with Crippen molar-refractivity contribution in [1.82, 2.24) is 4.72 Å². The third kappa shape index (κ3) is 4.40. The third-order valence-corrected chi connectivity index (χ3v) is 5.77. The molecule has 1 aromatic rings. The number of hydrogen-bond donors (Lipinski definition) is 1. The first-order valence-electron chi connectivity index (χ1n) is 7.95. The molecule has 0 aromatic heterocycles. The molecule has 10 heteroatoms. The fourth-order valence-electron chi connectivity index (χ4n) is 3.09. The van der Waals surface area contributed by atoms with E-state index in [1.807, 2.05) is 0 Å². The molecular weight excluding hydrogens is 375 g/mol. The Morgan fingerprint density at radius 2 is 1.73 bits per heavy atom. The van der Waals surface area contributed by atoms with E-state index in [1.54, 1.807) is 4.72 Å². The van der Waals surface area contributed by atoms with Crippen molar-refractivity contribution in [3.8, 4) is 11.5 Å². The Kier molecular flexibility index (Phi) is 6.05. The van der Waals surface area contributed by atoms with Gasteiger partial charge in [0.25, 0.3) is 10.0 Å². The Balaban J connectivity index is 2.24. The van der Waals surface area contributed by atoms with Crippen LogP contribution in [0.3, 0.4) is 0 Å². The van der Waals surface area contributed by atoms with Gasteiger partial charge in [0.15, 0.2) is 11.5 Å². The minimum atomic E-state index is -4.55. The first kappa shape index (κ1) is 20.3. The van der Waals surface area contributed by atoms with Crippen LogP contribution in [-0.2, 0) is 14.8 Å². The summed E-state index contributed by atoms with van der Waals surface area (Å²) in [6.45, 7) is 0. The molecule has 1 aliphatic carbocycles. The van der Waals surface area contributed by atoms with Crippen LogP contribution in [0.25, 0.3) is 0 Å². The number of halogens is 3. The Hall–Kier alpha value is -1.97. The Morgan fingerprint density at radius 1 is 1.12 bits per heavy atom. The molecule has 26 heavy (non-hydrogen) atoms. The van der Waals surface area contributed by atoms with Gasteiger partial charge in [-0.25, -0.2) is 13.1 Å². The lowest BCUT2D eigenvalue weighted by Crippen LogP contribution is -2.44. The highest BCUT2D eigenvalue weighted by Gasteiger charge is 2.48. The van der Waals surface area contributed by atoms with Crippen LogP contribution in [0.1, 0.15) is 25.7 Å². The van der Waals surface area contributed by atoms with Gasteiger partial charge in [-0.05, 0) is 25.0 Å². The van der Waals surface area contributed by atoms with Crippen molar-refractivity contribution in [3.05, 3.63) is 18.2 Å². The van der Waals surface area contributed by atoms with E-state index in [9.17, 15) is 26.4 Å². The van der Waals surface area contributed by atoms with E-state index < -0.39 is 33.9 Å². The van der Waals surface area contributed by atoms with Gasteiger partial charge in [-0.2, -0.15) is 13.2 Å². The van der Waals surface area contributed by atoms with E-state index in [2.05, 4.69) is 0 Å². The van der Waals surface area contributed by atoms with E-state index >= 15 is 0 Å². The summed E-state index contributed by atoms with van der Waals surface area (Å²) in [7, 11) is -1.66. The lowest BCUT2D eigenvalue weighted by atomic mass is 9.78. The first-order chi connectivity index (χ1) is 12.1. The number of methoxy groups -OCH3 is 2. The van der Waals surface area contributed by atoms with Gasteiger partial charge in [0.1, 0.15) is 0 Å². The molecule has 0 radical (unpaired) electrons. The number of ether oxygens (including phenoxy) is 2. The molecule has 0 saturated heterocycles. The SMILES string of the molecule is COc1ccc(S(=O)(=O)NC(=O)[C@H]2CCCC[C@@H]2C(F)(F)F)cc1OC. The van der Waals surface area contributed by atoms with Crippen LogP contribution in [0, 0.1) is 11.8 Å². The number of hydrogen-bond acceptors (Lipinski definition) is 5. The molecule has 2 rings (SSSR count). The summed E-state index contributed by atoms with van der Waals surface area (Å²) in [6.07, 6.45) is -3.93. The third-order valence-electron chi connectivity index (χ3n) is 4.42. The summed E-state index contributed by atoms with van der Waals surface area (Å²) in [5.74, 6) is -3.99. The maximum atomic E-state index is 13.1. The number of alkyl halides is 3. The highest BCUT2D eigenvalue weighted by Crippen LogP contribution is 2.41. The molecular formula is C16H20F3NO5S. The molecule has 146 valence electrons. The minimum Gasteiger partial charge on any atom is -0.493 e. The van der Waals surface area contributed by atoms with Crippen molar-refractivity contribution in [1.29, 1.82) is 0 Å². The molecule has 0 heterocycles. The van der Waals surface area contributed by atoms with Gasteiger partial charge in [-0.3, -0.25) is 4.79 Å². The van der Waals surface area contributed by atoms with E-state index in [0.29, 0.717) is 12.8 Å². The maximum Gasteiger partial charge on any atom is 0.392 e. The molecule has 2 atom stereocenters. The predicted molar refractivity (Wildman–Crippen MR) is 86.4 cm³/mol. The lowest BCUT2D eigenvalue weighted by Gasteiger charge is -2.31. The first-order valence-corrected chi connectivity index (χ1v) is 9.44. The van der Waals surface area contributed by atoms with Gasteiger partial charge in [-0.15, -0.1) is 0 Å². The molecule has 6 nitrogen and oxygen atoms in total. The highest BCUT2D eigenvalue weighted by atomic mass is 32.2. The van der Waals surface area contributed by atoms with Gasteiger partial charge in [0, 0.05) is 6.07 Å². The maximum absolute atomic E-state index is 13.1. The average molecular weight is 395 g/mol. The second-order valence-electron chi connectivity index (χ2n) is 6.03. The fourth-order valence-corrected chi connectivity index (χ4v) is 4.13. The molecule has 1 fully saturated rings. The number of benzene rings is 1. The number of carbonyl (C=O) groups is 1. The van der Waals surface area contributed by atoms with Gasteiger partial charge < -0.3 is 9.47 Å². The lowest BCUT2D eigenvalue weighted by molar-refractivity contribution is -0.197. The van der Waals surface area contributed by atoms with Gasteiger partial charge in [0.05, 0.1) is 31.0 Å². The van der Waals surface area contributed by atoms with Crippen LogP contribution in [0.5, 0.6) is 11.5 Å². The fraction of sp³-hybridized carbons (Fsp3) is 0.562. The summed E-state index contributed by atoms with van der Waals surface area (Å²) in [4.78, 5) is 12.0. The van der Waals surface area contributed by atoms with Crippen LogP contribution >= 0.6 is 0 Å². The van der Waals surface area contributed by atoms with Crippen LogP contribution in [0.4, 0.5) is 13.2 Å². The Labute approximate surface area is 149 Å². The van der Waals surface area contributed by atoms with E-state index in [1.165, 1.54) is 26.4 Å². The number of carbonyl (C=O) groups excluding carboxylic acids is 1. The average Bonchev–Trinajstić information content (AvgIpc) is 2.59. The second kappa shape index (κ2) is 7.73. The monoisotopic (exact) mass is 395 g/mol. The van der Waals surface area contributed by atoms with Crippen molar-refractivity contribution < 1.29 is 35.9 Å². The van der Waals surface area contributed by atoms with E-state index in [0.717, 1.165) is 6.07 Å². The van der Waals surface area contributed by atoms with Crippen LogP contribution in [0.15, 0.2) is 23.1 Å². The number of rotatable bonds is 5. The normalized spacial score (nSPS) is 21.1. The molecule has 1 N–H and O–H groups in total. The molecule has 0 unspecified atom stereocenters. The van der Waals surface area contributed by atoms with Gasteiger partial charge in [0.2, 0.25) is 5.91 Å². The number of amides is 1. The molecule has 1 amide bonds. The quantitative estimate of drug-likeness (QED) is 0.829. The zero-order valence-electron chi connectivity index (χ0n) is 14.3. The topological polar surface area (TPSA) is 81.7 Å². The van der Waals surface area contributed by atoms with E-state index in [-0.39, 0.29) is 29.2 Å². The Bertz CT molecular complexity index is 764. The molecule has 0 bridgehead atoms. The summed E-state index contributed by atoms with van der Waals surface area (Å²) in [6, 6.07) is 3.65. The van der Waals surface area contributed by atoms with Crippen LogP contribution in [-0.4, -0.2) is 34.7 Å². The molecule has 0 spiro atoms. The minimum absolute atomic E-state index is 0.00252. The Morgan fingerprint density at radius 3 is 2.31 bits per heavy atom. The smallest absolute Gasteiger partial charge is 0.392 e. The summed E-state index contributed by atoms with van der Waals surface area (Å²) in [5.41, 5.74) is 0. The molecule has 0 aliphatic heterocycles. The van der Waals surface area contributed by atoms with Crippen LogP contribution in [0.2, 0.25) is 0 Å². The molecule has 1 saturated carbocycles. The zero-order valence-corrected chi connectivity index (χ0v) is 15.1. The van der Waals surface area contributed by atoms with Crippen molar-refractivity contribution in [2.24, 2.45) is 11.8 Å². The number of nitrogens with one attached hydrogen (secondary N) is 1. The second-order valence-corrected chi connectivity index (χ2v) is 7.71. The van der Waals surface area contributed by atoms with Crippen molar-refractivity contribution in [2.75, 3.05) is 14.2 Å². The number of sulfonamides is 1. The highest BCUT2D eigenvalue weighted by molar-refractivity contribution is 7.90. The summed E-state index contributed by atoms with van der Waals surface area (Å²) < 4.78 is 76.0. The van der Waals surface area contributed by atoms with E-state index in [4.69, 9.17) is 9.47 Å². The van der Waals surface area contributed by atoms with Crippen LogP contribution < -0.4 is 14.2 Å². The van der Waals surface area contributed by atoms with Crippen molar-refractivity contribution in [2.45, 2.75) is 36.8 Å².